The van der Waals surface area contributed by atoms with Gasteiger partial charge in [-0.1, -0.05) is 49.6 Å². The van der Waals surface area contributed by atoms with Crippen LogP contribution in [0.4, 0.5) is 0 Å². The van der Waals surface area contributed by atoms with Crippen molar-refractivity contribution >= 4 is 29.8 Å². The van der Waals surface area contributed by atoms with Gasteiger partial charge in [-0.3, -0.25) is 0 Å². The van der Waals surface area contributed by atoms with Gasteiger partial charge in [-0.25, -0.2) is 0 Å². The second kappa shape index (κ2) is 8.07. The van der Waals surface area contributed by atoms with Gasteiger partial charge in [-0.2, -0.15) is 0 Å². The van der Waals surface area contributed by atoms with E-state index in [1.165, 1.54) is 12.8 Å². The number of ether oxygens (including phenoxy) is 1. The first-order valence-corrected chi connectivity index (χ1v) is 9.71. The van der Waals surface area contributed by atoms with Gasteiger partial charge < -0.3 is 4.74 Å². The van der Waals surface area contributed by atoms with Gasteiger partial charge in [0.05, 0.1) is 5.60 Å². The number of hydrogen-bond acceptors (Lipinski definition) is 1. The van der Waals surface area contributed by atoms with Crippen molar-refractivity contribution in [3.8, 4) is 0 Å². The van der Waals surface area contributed by atoms with Crippen LogP contribution in [0.1, 0.15) is 53.4 Å². The average molecular weight is 289 g/mol. The van der Waals surface area contributed by atoms with E-state index in [4.69, 9.17) is 26.1 Å². The molecular formula is C12H26Cl2OS. The average Bonchev–Trinajstić information content (AvgIpc) is 2.14. The van der Waals surface area contributed by atoms with Crippen molar-refractivity contribution in [3.63, 3.8) is 0 Å². The first kappa shape index (κ1) is 16.9. The number of halogens is 2. The molecule has 0 saturated heterocycles. The molecule has 0 heterocycles. The van der Waals surface area contributed by atoms with Crippen LogP contribution in [0.25, 0.3) is 0 Å². The van der Waals surface area contributed by atoms with Gasteiger partial charge in [-0.15, -0.1) is 0 Å². The minimum Gasteiger partial charge on any atom is -0.376 e. The van der Waals surface area contributed by atoms with Crippen molar-refractivity contribution in [1.82, 2.24) is 0 Å². The summed E-state index contributed by atoms with van der Waals surface area (Å²) >= 11 is 0. The van der Waals surface area contributed by atoms with Crippen molar-refractivity contribution in [2.75, 3.05) is 18.1 Å². The lowest BCUT2D eigenvalue weighted by Gasteiger charge is -2.22. The first-order valence-electron chi connectivity index (χ1n) is 6.09. The Kier molecular flexibility index (Phi) is 8.52. The highest BCUT2D eigenvalue weighted by atomic mass is 36.0. The monoisotopic (exact) mass is 288 g/mol. The second-order valence-electron chi connectivity index (χ2n) is 5.07. The van der Waals surface area contributed by atoms with Gasteiger partial charge in [0.1, 0.15) is 0 Å². The Morgan fingerprint density at radius 1 is 1.00 bits per heavy atom. The Morgan fingerprint density at radius 3 is 2.06 bits per heavy atom. The Bertz CT molecular complexity index is 178. The Balaban J connectivity index is 3.29. The molecular weight excluding hydrogens is 263 g/mol. The first-order chi connectivity index (χ1) is 7.27. The minimum absolute atomic E-state index is 0.00616. The lowest BCUT2D eigenvalue weighted by atomic mass is 10.2. The van der Waals surface area contributed by atoms with Crippen LogP contribution < -0.4 is 0 Å². The molecule has 0 aliphatic rings. The van der Waals surface area contributed by atoms with Gasteiger partial charge in [0.25, 0.3) is 0 Å². The molecule has 0 aliphatic carbocycles. The SMILES string of the molecule is CCS(Cl)(Cl)CCCCCCOC(C)(C)C. The number of unbranched alkanes of at least 4 members (excludes halogenated alkanes) is 3. The summed E-state index contributed by atoms with van der Waals surface area (Å²) in [4.78, 5) is 0. The highest BCUT2D eigenvalue weighted by Gasteiger charge is 2.13. The highest BCUT2D eigenvalue weighted by molar-refractivity contribution is 8.65. The Hall–Kier alpha value is 0.890. The van der Waals surface area contributed by atoms with Crippen LogP contribution >= 0.6 is 29.8 Å². The van der Waals surface area contributed by atoms with Crippen LogP contribution in [0.5, 0.6) is 0 Å². The van der Waals surface area contributed by atoms with Crippen molar-refractivity contribution < 1.29 is 4.74 Å². The third-order valence-corrected chi connectivity index (χ3v) is 6.26. The minimum atomic E-state index is -1.32. The Morgan fingerprint density at radius 2 is 1.56 bits per heavy atom. The van der Waals surface area contributed by atoms with Crippen LogP contribution in [0.2, 0.25) is 0 Å². The summed E-state index contributed by atoms with van der Waals surface area (Å²) < 4.78 is 5.65. The molecule has 100 valence electrons. The van der Waals surface area contributed by atoms with Gasteiger partial charge in [0.15, 0.2) is 0 Å². The third kappa shape index (κ3) is 11.4. The van der Waals surface area contributed by atoms with E-state index in [0.717, 1.165) is 31.0 Å². The van der Waals surface area contributed by atoms with E-state index >= 15 is 0 Å². The van der Waals surface area contributed by atoms with Crippen LogP contribution in [-0.2, 0) is 4.74 Å². The maximum absolute atomic E-state index is 6.14. The summed E-state index contributed by atoms with van der Waals surface area (Å²) in [5, 5.41) is 0. The normalized spacial score (nSPS) is 14.1. The molecule has 0 bridgehead atoms. The fourth-order valence-corrected chi connectivity index (χ4v) is 2.86. The fraction of sp³-hybridized carbons (Fsp3) is 1.00. The lowest BCUT2D eigenvalue weighted by Crippen LogP contribution is -2.19. The molecule has 1 nitrogen and oxygen atoms in total. The molecule has 0 radical (unpaired) electrons. The molecule has 0 amide bonds. The van der Waals surface area contributed by atoms with Gasteiger partial charge in [-0.05, 0) is 33.6 Å². The predicted molar refractivity (Wildman–Crippen MR) is 78.9 cm³/mol. The van der Waals surface area contributed by atoms with E-state index in [1.807, 2.05) is 0 Å². The highest BCUT2D eigenvalue weighted by Crippen LogP contribution is 2.58. The van der Waals surface area contributed by atoms with Crippen LogP contribution in [0, 0.1) is 0 Å². The standard InChI is InChI=1S/C12H26Cl2OS/c1-5-16(13,14)11-9-7-6-8-10-15-12(2,3)4/h5-11H2,1-4H3. The summed E-state index contributed by atoms with van der Waals surface area (Å²) in [5.74, 6) is 1.88. The van der Waals surface area contributed by atoms with Crippen LogP contribution in [0.15, 0.2) is 0 Å². The van der Waals surface area contributed by atoms with Crippen LogP contribution in [-0.4, -0.2) is 23.7 Å². The van der Waals surface area contributed by atoms with Crippen molar-refractivity contribution in [2.24, 2.45) is 0 Å². The number of hydrogen-bond donors (Lipinski definition) is 0. The van der Waals surface area contributed by atoms with Gasteiger partial charge >= 0.3 is 0 Å². The van der Waals surface area contributed by atoms with Crippen molar-refractivity contribution in [3.05, 3.63) is 0 Å². The molecule has 0 saturated carbocycles. The summed E-state index contributed by atoms with van der Waals surface area (Å²) in [5.41, 5.74) is -0.00616. The number of rotatable bonds is 8. The van der Waals surface area contributed by atoms with E-state index in [-0.39, 0.29) is 5.60 Å². The zero-order chi connectivity index (χ0) is 12.7. The molecule has 0 fully saturated rings. The van der Waals surface area contributed by atoms with E-state index in [1.54, 1.807) is 0 Å². The van der Waals surface area contributed by atoms with E-state index in [0.29, 0.717) is 0 Å². The quantitative estimate of drug-likeness (QED) is 0.536. The largest absolute Gasteiger partial charge is 0.376 e. The summed E-state index contributed by atoms with van der Waals surface area (Å²) in [6, 6.07) is 0. The van der Waals surface area contributed by atoms with E-state index < -0.39 is 8.46 Å². The molecule has 0 unspecified atom stereocenters. The molecule has 0 spiro atoms. The molecule has 0 aliphatic heterocycles. The smallest absolute Gasteiger partial charge is 0.0598 e. The van der Waals surface area contributed by atoms with Crippen molar-refractivity contribution in [1.29, 1.82) is 0 Å². The summed E-state index contributed by atoms with van der Waals surface area (Å²) in [7, 11) is 11.0. The summed E-state index contributed by atoms with van der Waals surface area (Å²) in [6.45, 7) is 9.19. The molecule has 0 rings (SSSR count). The Labute approximate surface area is 112 Å². The van der Waals surface area contributed by atoms with Gasteiger partial charge in [0, 0.05) is 18.1 Å². The zero-order valence-electron chi connectivity index (χ0n) is 11.0. The lowest BCUT2D eigenvalue weighted by molar-refractivity contribution is -0.00470. The predicted octanol–water partition coefficient (Wildman–Crippen LogP) is 5.49. The second-order valence-corrected chi connectivity index (χ2v) is 11.5. The van der Waals surface area contributed by atoms with Crippen molar-refractivity contribution in [2.45, 2.75) is 59.0 Å². The zero-order valence-corrected chi connectivity index (χ0v) is 13.4. The molecule has 0 N–H and O–H groups in total. The van der Waals surface area contributed by atoms with Crippen LogP contribution in [0.3, 0.4) is 0 Å². The maximum atomic E-state index is 6.14. The van der Waals surface area contributed by atoms with E-state index in [2.05, 4.69) is 27.7 Å². The molecule has 0 aromatic rings. The molecule has 4 heteroatoms. The molecule has 16 heavy (non-hydrogen) atoms. The topological polar surface area (TPSA) is 9.23 Å². The maximum Gasteiger partial charge on any atom is 0.0598 e. The summed E-state index contributed by atoms with van der Waals surface area (Å²) in [6.07, 6.45) is 4.70. The van der Waals surface area contributed by atoms with E-state index in [9.17, 15) is 0 Å². The third-order valence-electron chi connectivity index (χ3n) is 2.29. The molecule has 0 aromatic carbocycles. The van der Waals surface area contributed by atoms with Gasteiger partial charge in [0.2, 0.25) is 0 Å². The fourth-order valence-electron chi connectivity index (χ4n) is 1.29. The molecule has 0 atom stereocenters. The molecule has 0 aromatic heterocycles.